The SMILES string of the molecule is CN1C(=O)c2ccc(NC(=O)c3ccc(S(C)(=O)=O)cc3)cc2C1=O. The molecule has 1 aliphatic rings. The zero-order valence-corrected chi connectivity index (χ0v) is 14.3. The van der Waals surface area contributed by atoms with Crippen LogP contribution >= 0.6 is 0 Å². The second-order valence-electron chi connectivity index (χ2n) is 5.68. The van der Waals surface area contributed by atoms with E-state index in [0.717, 1.165) is 11.2 Å². The van der Waals surface area contributed by atoms with Crippen LogP contribution in [0.5, 0.6) is 0 Å². The second-order valence-corrected chi connectivity index (χ2v) is 7.70. The van der Waals surface area contributed by atoms with Gasteiger partial charge in [-0.25, -0.2) is 8.42 Å². The van der Waals surface area contributed by atoms with Crippen molar-refractivity contribution in [2.24, 2.45) is 0 Å². The first-order chi connectivity index (χ1) is 11.7. The summed E-state index contributed by atoms with van der Waals surface area (Å²) in [6.07, 6.45) is 1.09. The van der Waals surface area contributed by atoms with Crippen molar-refractivity contribution in [1.29, 1.82) is 0 Å². The zero-order chi connectivity index (χ0) is 18.4. The first-order valence-electron chi connectivity index (χ1n) is 7.26. The highest BCUT2D eigenvalue weighted by atomic mass is 32.2. The van der Waals surface area contributed by atoms with Gasteiger partial charge in [0.05, 0.1) is 16.0 Å². The molecule has 25 heavy (non-hydrogen) atoms. The Morgan fingerprint density at radius 3 is 2.16 bits per heavy atom. The number of amides is 3. The van der Waals surface area contributed by atoms with Crippen molar-refractivity contribution in [2.45, 2.75) is 4.90 Å². The number of nitrogens with zero attached hydrogens (tertiary/aromatic N) is 1. The Labute approximate surface area is 144 Å². The fourth-order valence-corrected chi connectivity index (χ4v) is 3.13. The molecule has 2 aromatic rings. The van der Waals surface area contributed by atoms with E-state index in [4.69, 9.17) is 0 Å². The first-order valence-corrected chi connectivity index (χ1v) is 9.15. The molecule has 1 aliphatic heterocycles. The van der Waals surface area contributed by atoms with Crippen molar-refractivity contribution in [2.75, 3.05) is 18.6 Å². The third kappa shape index (κ3) is 3.03. The van der Waals surface area contributed by atoms with Gasteiger partial charge in [-0.05, 0) is 42.5 Å². The van der Waals surface area contributed by atoms with E-state index in [2.05, 4.69) is 5.32 Å². The van der Waals surface area contributed by atoms with E-state index >= 15 is 0 Å². The maximum atomic E-state index is 12.3. The van der Waals surface area contributed by atoms with E-state index < -0.39 is 21.7 Å². The number of carbonyl (C=O) groups is 3. The van der Waals surface area contributed by atoms with Gasteiger partial charge in [-0.15, -0.1) is 0 Å². The molecule has 1 heterocycles. The lowest BCUT2D eigenvalue weighted by Gasteiger charge is -2.07. The number of anilines is 1. The molecule has 8 heteroatoms. The zero-order valence-electron chi connectivity index (χ0n) is 13.4. The number of sulfone groups is 1. The Hall–Kier alpha value is -3.00. The third-order valence-electron chi connectivity index (χ3n) is 3.89. The number of fused-ring (bicyclic) bond motifs is 1. The molecule has 3 rings (SSSR count). The van der Waals surface area contributed by atoms with Gasteiger partial charge in [0.15, 0.2) is 9.84 Å². The first kappa shape index (κ1) is 16.8. The summed E-state index contributed by atoms with van der Waals surface area (Å²) in [6, 6.07) is 9.98. The molecule has 0 aromatic heterocycles. The van der Waals surface area contributed by atoms with Crippen LogP contribution in [0.15, 0.2) is 47.4 Å². The summed E-state index contributed by atoms with van der Waals surface area (Å²) < 4.78 is 22.9. The minimum absolute atomic E-state index is 0.119. The van der Waals surface area contributed by atoms with Crippen LogP contribution in [0.3, 0.4) is 0 Å². The summed E-state index contributed by atoms with van der Waals surface area (Å²) in [5.74, 6) is -1.26. The molecule has 0 saturated heterocycles. The summed E-state index contributed by atoms with van der Waals surface area (Å²) in [5.41, 5.74) is 1.17. The summed E-state index contributed by atoms with van der Waals surface area (Å²) >= 11 is 0. The lowest BCUT2D eigenvalue weighted by atomic mass is 10.1. The van der Waals surface area contributed by atoms with Gasteiger partial charge in [-0.3, -0.25) is 19.3 Å². The number of rotatable bonds is 3. The lowest BCUT2D eigenvalue weighted by Crippen LogP contribution is -2.24. The molecule has 0 radical (unpaired) electrons. The average molecular weight is 358 g/mol. The number of benzene rings is 2. The van der Waals surface area contributed by atoms with Gasteiger partial charge < -0.3 is 5.32 Å². The van der Waals surface area contributed by atoms with Gasteiger partial charge in [-0.1, -0.05) is 0 Å². The van der Waals surface area contributed by atoms with Gasteiger partial charge in [0.1, 0.15) is 0 Å². The highest BCUT2D eigenvalue weighted by molar-refractivity contribution is 7.90. The molecule has 7 nitrogen and oxygen atoms in total. The van der Waals surface area contributed by atoms with E-state index in [9.17, 15) is 22.8 Å². The minimum Gasteiger partial charge on any atom is -0.322 e. The van der Waals surface area contributed by atoms with Crippen LogP contribution < -0.4 is 5.32 Å². The summed E-state index contributed by atoms with van der Waals surface area (Å²) in [6.45, 7) is 0. The predicted octanol–water partition coefficient (Wildman–Crippen LogP) is 1.57. The largest absolute Gasteiger partial charge is 0.322 e. The van der Waals surface area contributed by atoms with Crippen LogP contribution in [0, 0.1) is 0 Å². The normalized spacial score (nSPS) is 13.8. The molecule has 2 aromatic carbocycles. The number of hydrogen-bond acceptors (Lipinski definition) is 5. The minimum atomic E-state index is -3.33. The molecule has 0 fully saturated rings. The molecular formula is C17H14N2O5S. The van der Waals surface area contributed by atoms with Crippen molar-refractivity contribution in [1.82, 2.24) is 4.90 Å². The maximum absolute atomic E-state index is 12.3. The van der Waals surface area contributed by atoms with E-state index in [-0.39, 0.29) is 21.9 Å². The van der Waals surface area contributed by atoms with E-state index in [1.54, 1.807) is 0 Å². The quantitative estimate of drug-likeness (QED) is 0.840. The summed E-state index contributed by atoms with van der Waals surface area (Å²) in [5, 5.41) is 2.63. The molecule has 0 saturated carbocycles. The van der Waals surface area contributed by atoms with Crippen molar-refractivity contribution >= 4 is 33.2 Å². The Kier molecular flexibility index (Phi) is 3.92. The Bertz CT molecular complexity index is 1010. The van der Waals surface area contributed by atoms with Gasteiger partial charge in [0.2, 0.25) is 0 Å². The molecule has 0 atom stereocenters. The van der Waals surface area contributed by atoms with Crippen LogP contribution in [0.2, 0.25) is 0 Å². The lowest BCUT2D eigenvalue weighted by molar-refractivity contribution is 0.0692. The number of nitrogens with one attached hydrogen (secondary N) is 1. The van der Waals surface area contributed by atoms with Gasteiger partial charge in [0, 0.05) is 24.6 Å². The fourth-order valence-electron chi connectivity index (χ4n) is 2.50. The van der Waals surface area contributed by atoms with Crippen LogP contribution in [-0.2, 0) is 9.84 Å². The molecule has 0 unspecified atom stereocenters. The topological polar surface area (TPSA) is 101 Å². The number of imide groups is 1. The molecule has 0 spiro atoms. The van der Waals surface area contributed by atoms with E-state index in [0.29, 0.717) is 11.3 Å². The molecule has 3 amide bonds. The van der Waals surface area contributed by atoms with Crippen LogP contribution in [0.25, 0.3) is 0 Å². The van der Waals surface area contributed by atoms with Crippen molar-refractivity contribution in [3.8, 4) is 0 Å². The highest BCUT2D eigenvalue weighted by Gasteiger charge is 2.32. The molecule has 0 aliphatic carbocycles. The molecule has 128 valence electrons. The Morgan fingerprint density at radius 2 is 1.56 bits per heavy atom. The monoisotopic (exact) mass is 358 g/mol. The van der Waals surface area contributed by atoms with Gasteiger partial charge in [-0.2, -0.15) is 0 Å². The van der Waals surface area contributed by atoms with Crippen molar-refractivity contribution < 1.29 is 22.8 Å². The summed E-state index contributed by atoms with van der Waals surface area (Å²) in [4.78, 5) is 37.2. The maximum Gasteiger partial charge on any atom is 0.261 e. The van der Waals surface area contributed by atoms with Crippen LogP contribution in [0.1, 0.15) is 31.1 Å². The van der Waals surface area contributed by atoms with Gasteiger partial charge >= 0.3 is 0 Å². The fraction of sp³-hybridized carbons (Fsp3) is 0.118. The van der Waals surface area contributed by atoms with Crippen molar-refractivity contribution in [3.63, 3.8) is 0 Å². The van der Waals surface area contributed by atoms with E-state index in [1.165, 1.54) is 49.5 Å². The average Bonchev–Trinajstić information content (AvgIpc) is 2.78. The van der Waals surface area contributed by atoms with Gasteiger partial charge in [0.25, 0.3) is 17.7 Å². The Morgan fingerprint density at radius 1 is 0.960 bits per heavy atom. The number of carbonyl (C=O) groups excluding carboxylic acids is 3. The Balaban J connectivity index is 1.83. The van der Waals surface area contributed by atoms with Crippen molar-refractivity contribution in [3.05, 3.63) is 59.2 Å². The summed E-state index contributed by atoms with van der Waals surface area (Å²) in [7, 11) is -1.94. The van der Waals surface area contributed by atoms with Crippen LogP contribution in [-0.4, -0.2) is 44.3 Å². The standard InChI is InChI=1S/C17H14N2O5S/c1-19-16(21)13-8-5-11(9-14(13)17(19)22)18-15(20)10-3-6-12(7-4-10)25(2,23)24/h3-9H,1-2H3,(H,18,20). The predicted molar refractivity (Wildman–Crippen MR) is 90.4 cm³/mol. The highest BCUT2D eigenvalue weighted by Crippen LogP contribution is 2.25. The smallest absolute Gasteiger partial charge is 0.261 e. The third-order valence-corrected chi connectivity index (χ3v) is 5.02. The number of hydrogen-bond donors (Lipinski definition) is 1. The molecule has 1 N–H and O–H groups in total. The van der Waals surface area contributed by atoms with Crippen LogP contribution in [0.4, 0.5) is 5.69 Å². The van der Waals surface area contributed by atoms with E-state index in [1.807, 2.05) is 0 Å². The second kappa shape index (κ2) is 5.82. The molecule has 0 bridgehead atoms. The molecular weight excluding hydrogens is 344 g/mol.